The fraction of sp³-hybridized carbons (Fsp3) is 0.250. The van der Waals surface area contributed by atoms with Crippen LogP contribution in [0.5, 0.6) is 0 Å². The van der Waals surface area contributed by atoms with Gasteiger partial charge in [-0.3, -0.25) is 4.79 Å². The third-order valence-corrected chi connectivity index (χ3v) is 3.33. The molecule has 5 heteroatoms. The van der Waals surface area contributed by atoms with Crippen LogP contribution in [0, 0.1) is 0 Å². The normalized spacial score (nSPS) is 10.2. The fourth-order valence-corrected chi connectivity index (χ4v) is 2.17. The molecule has 0 bridgehead atoms. The lowest BCUT2D eigenvalue weighted by Crippen LogP contribution is -2.13. The molecule has 0 spiro atoms. The number of carbonyl (C=O) groups is 1. The number of benzene rings is 1. The van der Waals surface area contributed by atoms with Crippen molar-refractivity contribution in [2.75, 3.05) is 17.2 Å². The zero-order valence-electron chi connectivity index (χ0n) is 12.1. The number of rotatable bonds is 5. The monoisotopic (exact) mass is 303 g/mol. The molecule has 0 aliphatic carbocycles. The molecule has 2 rings (SSSR count). The van der Waals surface area contributed by atoms with Crippen LogP contribution in [0.2, 0.25) is 5.02 Å². The van der Waals surface area contributed by atoms with Crippen molar-refractivity contribution in [3.8, 4) is 0 Å². The Morgan fingerprint density at radius 3 is 2.76 bits per heavy atom. The van der Waals surface area contributed by atoms with Crippen molar-refractivity contribution < 1.29 is 4.79 Å². The van der Waals surface area contributed by atoms with Crippen LogP contribution in [-0.2, 0) is 6.42 Å². The van der Waals surface area contributed by atoms with Gasteiger partial charge in [-0.15, -0.1) is 0 Å². The highest BCUT2D eigenvalue weighted by Gasteiger charge is 2.10. The van der Waals surface area contributed by atoms with Crippen LogP contribution in [0.1, 0.15) is 29.8 Å². The van der Waals surface area contributed by atoms with Crippen molar-refractivity contribution in [1.29, 1.82) is 0 Å². The molecule has 1 aromatic heterocycles. The summed E-state index contributed by atoms with van der Waals surface area (Å²) in [6, 6.07) is 9.39. The summed E-state index contributed by atoms with van der Waals surface area (Å²) in [4.78, 5) is 16.4. The van der Waals surface area contributed by atoms with E-state index < -0.39 is 0 Å². The van der Waals surface area contributed by atoms with E-state index in [1.54, 1.807) is 6.07 Å². The molecule has 4 nitrogen and oxygen atoms in total. The van der Waals surface area contributed by atoms with Gasteiger partial charge in [-0.05, 0) is 37.1 Å². The van der Waals surface area contributed by atoms with Gasteiger partial charge in [-0.25, -0.2) is 4.98 Å². The zero-order chi connectivity index (χ0) is 15.2. The van der Waals surface area contributed by atoms with Crippen molar-refractivity contribution in [3.63, 3.8) is 0 Å². The first-order valence-corrected chi connectivity index (χ1v) is 7.31. The Morgan fingerprint density at radius 2 is 2.10 bits per heavy atom. The fourth-order valence-electron chi connectivity index (χ4n) is 1.93. The Hall–Kier alpha value is -2.07. The minimum Gasteiger partial charge on any atom is -0.369 e. The summed E-state index contributed by atoms with van der Waals surface area (Å²) in [6.07, 6.45) is 2.44. The summed E-state index contributed by atoms with van der Waals surface area (Å²) in [5, 5.41) is 6.32. The molecule has 0 saturated heterocycles. The molecule has 0 aliphatic rings. The molecule has 0 fully saturated rings. The van der Waals surface area contributed by atoms with Gasteiger partial charge in [-0.1, -0.05) is 30.7 Å². The molecule has 0 aliphatic heterocycles. The van der Waals surface area contributed by atoms with Crippen LogP contribution in [0.25, 0.3) is 0 Å². The molecule has 1 amide bonds. The van der Waals surface area contributed by atoms with E-state index in [-0.39, 0.29) is 5.91 Å². The predicted octanol–water partition coefficient (Wildman–Crippen LogP) is 3.98. The molecule has 0 radical (unpaired) electrons. The summed E-state index contributed by atoms with van der Waals surface area (Å²) >= 11 is 6.10. The second-order valence-electron chi connectivity index (χ2n) is 4.59. The van der Waals surface area contributed by atoms with Gasteiger partial charge in [0.2, 0.25) is 0 Å². The van der Waals surface area contributed by atoms with Gasteiger partial charge in [0.1, 0.15) is 5.82 Å². The molecule has 1 heterocycles. The van der Waals surface area contributed by atoms with E-state index >= 15 is 0 Å². The minimum atomic E-state index is -0.222. The standard InChI is InChI=1S/C16H18ClN3O/c1-3-11-6-5-7-13(8-11)20-16(21)12-9-14(17)15(18-4-2)19-10-12/h5-10H,3-4H2,1-2H3,(H,18,19)(H,20,21). The van der Waals surface area contributed by atoms with Crippen molar-refractivity contribution in [3.05, 3.63) is 52.7 Å². The summed E-state index contributed by atoms with van der Waals surface area (Å²) < 4.78 is 0. The summed E-state index contributed by atoms with van der Waals surface area (Å²) in [5.74, 6) is 0.365. The van der Waals surface area contributed by atoms with E-state index in [1.165, 1.54) is 11.8 Å². The molecule has 0 atom stereocenters. The average molecular weight is 304 g/mol. The first-order chi connectivity index (χ1) is 10.1. The number of hydrogen-bond acceptors (Lipinski definition) is 3. The smallest absolute Gasteiger partial charge is 0.257 e. The Bertz CT molecular complexity index is 643. The predicted molar refractivity (Wildman–Crippen MR) is 87.2 cm³/mol. The number of halogens is 1. The van der Waals surface area contributed by atoms with Gasteiger partial charge in [0.05, 0.1) is 10.6 Å². The van der Waals surface area contributed by atoms with Crippen LogP contribution < -0.4 is 10.6 Å². The van der Waals surface area contributed by atoms with Gasteiger partial charge in [-0.2, -0.15) is 0 Å². The lowest BCUT2D eigenvalue weighted by molar-refractivity contribution is 0.102. The molecule has 2 aromatic rings. The lowest BCUT2D eigenvalue weighted by Gasteiger charge is -2.09. The molecule has 110 valence electrons. The number of anilines is 2. The number of carbonyl (C=O) groups excluding carboxylic acids is 1. The van der Waals surface area contributed by atoms with Crippen LogP contribution >= 0.6 is 11.6 Å². The minimum absolute atomic E-state index is 0.222. The topological polar surface area (TPSA) is 54.0 Å². The molecular weight excluding hydrogens is 286 g/mol. The van der Waals surface area contributed by atoms with Gasteiger partial charge in [0.15, 0.2) is 0 Å². The lowest BCUT2D eigenvalue weighted by atomic mass is 10.1. The van der Waals surface area contributed by atoms with Crippen molar-refractivity contribution in [2.24, 2.45) is 0 Å². The number of aryl methyl sites for hydroxylation is 1. The highest BCUT2D eigenvalue weighted by molar-refractivity contribution is 6.33. The first kappa shape index (κ1) is 15.3. The Labute approximate surface area is 129 Å². The Balaban J connectivity index is 2.14. The number of amides is 1. The Kier molecular flexibility index (Phi) is 5.17. The van der Waals surface area contributed by atoms with Crippen LogP contribution in [-0.4, -0.2) is 17.4 Å². The van der Waals surface area contributed by atoms with E-state index in [9.17, 15) is 4.79 Å². The molecular formula is C16H18ClN3O. The molecule has 0 saturated carbocycles. The zero-order valence-corrected chi connectivity index (χ0v) is 12.9. The molecule has 0 unspecified atom stereocenters. The van der Waals surface area contributed by atoms with E-state index in [4.69, 9.17) is 11.6 Å². The second kappa shape index (κ2) is 7.09. The van der Waals surface area contributed by atoms with Gasteiger partial charge < -0.3 is 10.6 Å². The second-order valence-corrected chi connectivity index (χ2v) is 5.00. The average Bonchev–Trinajstić information content (AvgIpc) is 2.49. The van der Waals surface area contributed by atoms with Gasteiger partial charge in [0, 0.05) is 18.4 Å². The summed E-state index contributed by atoms with van der Waals surface area (Å²) in [7, 11) is 0. The maximum absolute atomic E-state index is 12.2. The number of aromatic nitrogens is 1. The Morgan fingerprint density at radius 1 is 1.29 bits per heavy atom. The number of nitrogens with one attached hydrogen (secondary N) is 2. The quantitative estimate of drug-likeness (QED) is 0.878. The van der Waals surface area contributed by atoms with Crippen LogP contribution in [0.4, 0.5) is 11.5 Å². The molecule has 21 heavy (non-hydrogen) atoms. The van der Waals surface area contributed by atoms with Crippen LogP contribution in [0.15, 0.2) is 36.5 Å². The molecule has 1 aromatic carbocycles. The largest absolute Gasteiger partial charge is 0.369 e. The number of nitrogens with zero attached hydrogens (tertiary/aromatic N) is 1. The first-order valence-electron chi connectivity index (χ1n) is 6.93. The van der Waals surface area contributed by atoms with Crippen molar-refractivity contribution in [1.82, 2.24) is 4.98 Å². The highest BCUT2D eigenvalue weighted by atomic mass is 35.5. The third-order valence-electron chi connectivity index (χ3n) is 3.04. The van der Waals surface area contributed by atoms with Crippen LogP contribution in [0.3, 0.4) is 0 Å². The van der Waals surface area contributed by atoms with E-state index in [1.807, 2.05) is 31.2 Å². The van der Waals surface area contributed by atoms with Crippen molar-refractivity contribution in [2.45, 2.75) is 20.3 Å². The maximum atomic E-state index is 12.2. The van der Waals surface area contributed by atoms with E-state index in [0.717, 1.165) is 18.7 Å². The highest BCUT2D eigenvalue weighted by Crippen LogP contribution is 2.20. The van der Waals surface area contributed by atoms with Gasteiger partial charge >= 0.3 is 0 Å². The summed E-state index contributed by atoms with van der Waals surface area (Å²) in [6.45, 7) is 4.76. The molecule has 2 N–H and O–H groups in total. The number of pyridine rings is 1. The summed E-state index contributed by atoms with van der Waals surface area (Å²) in [5.41, 5.74) is 2.38. The SMILES string of the molecule is CCNc1ncc(C(=O)Nc2cccc(CC)c2)cc1Cl. The van der Waals surface area contributed by atoms with E-state index in [2.05, 4.69) is 22.5 Å². The van der Waals surface area contributed by atoms with Gasteiger partial charge in [0.25, 0.3) is 5.91 Å². The maximum Gasteiger partial charge on any atom is 0.257 e. The van der Waals surface area contributed by atoms with E-state index in [0.29, 0.717) is 16.4 Å². The number of hydrogen-bond donors (Lipinski definition) is 2. The van der Waals surface area contributed by atoms with Crippen molar-refractivity contribution >= 4 is 29.0 Å². The third kappa shape index (κ3) is 3.95.